The summed E-state index contributed by atoms with van der Waals surface area (Å²) in [5.41, 5.74) is 6.27. The van der Waals surface area contributed by atoms with Crippen molar-refractivity contribution >= 4 is 29.8 Å². The number of nitrogens with zero attached hydrogens (tertiary/aromatic N) is 2. The molecule has 0 aromatic heterocycles. The predicted octanol–water partition coefficient (Wildman–Crippen LogP) is 2.23. The lowest BCUT2D eigenvalue weighted by Gasteiger charge is -2.37. The van der Waals surface area contributed by atoms with Crippen LogP contribution in [0.1, 0.15) is 39.5 Å². The normalized spacial score (nSPS) is 16.7. The molecule has 1 aliphatic heterocycles. The molecule has 17 heavy (non-hydrogen) atoms. The van der Waals surface area contributed by atoms with Crippen molar-refractivity contribution in [1.29, 1.82) is 0 Å². The molecule has 0 aromatic rings. The Balaban J connectivity index is 2.55. The summed E-state index contributed by atoms with van der Waals surface area (Å²) in [5, 5.41) is 4.87. The number of rotatable bonds is 7. The molecular weight excluding hydrogens is 252 g/mol. The predicted molar refractivity (Wildman–Crippen MR) is 79.2 cm³/mol. The highest BCUT2D eigenvalue weighted by Crippen LogP contribution is 2.07. The minimum atomic E-state index is 0.687. The fourth-order valence-electron chi connectivity index (χ4n) is 1.56. The monoisotopic (exact) mass is 274 g/mol. The number of thiocarbonyl (C=S) groups is 1. The molecule has 4 nitrogen and oxygen atoms in total. The molecular formula is C11H22N4S2. The van der Waals surface area contributed by atoms with Crippen LogP contribution in [0, 0.1) is 0 Å². The molecule has 2 N–H and O–H groups in total. The van der Waals surface area contributed by atoms with Crippen molar-refractivity contribution in [1.82, 2.24) is 21.1 Å². The maximum atomic E-state index is 5.16. The Morgan fingerprint density at radius 2 is 1.82 bits per heavy atom. The summed E-state index contributed by atoms with van der Waals surface area (Å²) in [7, 11) is 0. The number of hydrogen-bond acceptors (Lipinski definition) is 5. The molecule has 0 unspecified atom stereocenters. The molecule has 1 heterocycles. The van der Waals surface area contributed by atoms with Gasteiger partial charge in [0.25, 0.3) is 0 Å². The molecule has 0 saturated heterocycles. The van der Waals surface area contributed by atoms with E-state index in [4.69, 9.17) is 12.2 Å². The lowest BCUT2D eigenvalue weighted by Crippen LogP contribution is -2.61. The molecule has 0 atom stereocenters. The lowest BCUT2D eigenvalue weighted by atomic mass is 10.3. The fraction of sp³-hybridized carbons (Fsp3) is 0.727. The minimum Gasteiger partial charge on any atom is -0.281 e. The number of hydrazine groups is 3. The molecule has 0 spiro atoms. The van der Waals surface area contributed by atoms with Crippen LogP contribution in [0.15, 0.2) is 11.1 Å². The van der Waals surface area contributed by atoms with E-state index >= 15 is 0 Å². The van der Waals surface area contributed by atoms with Gasteiger partial charge in [0.05, 0.1) is 5.03 Å². The zero-order valence-electron chi connectivity index (χ0n) is 10.6. The van der Waals surface area contributed by atoms with Gasteiger partial charge in [-0.3, -0.25) is 10.9 Å². The van der Waals surface area contributed by atoms with Gasteiger partial charge in [-0.2, -0.15) is 0 Å². The largest absolute Gasteiger partial charge is 0.281 e. The summed E-state index contributed by atoms with van der Waals surface area (Å²) >= 11 is 9.47. The third-order valence-electron chi connectivity index (χ3n) is 2.53. The second kappa shape index (κ2) is 7.92. The van der Waals surface area contributed by atoms with Crippen LogP contribution in [0.2, 0.25) is 0 Å². The summed E-state index contributed by atoms with van der Waals surface area (Å²) in [5.74, 6) is 0. The van der Waals surface area contributed by atoms with Gasteiger partial charge in [-0.1, -0.05) is 44.1 Å². The molecule has 0 fully saturated rings. The Kier molecular flexibility index (Phi) is 6.87. The molecule has 0 radical (unpaired) electrons. The SMILES string of the molecule is CCCCN(CCCC)N1NC(=S)C=C(S)N1. The van der Waals surface area contributed by atoms with Crippen molar-refractivity contribution in [3.63, 3.8) is 0 Å². The zero-order valence-corrected chi connectivity index (χ0v) is 12.3. The van der Waals surface area contributed by atoms with Crippen LogP contribution in [-0.2, 0) is 0 Å². The van der Waals surface area contributed by atoms with Gasteiger partial charge in [0.2, 0.25) is 0 Å². The Morgan fingerprint density at radius 1 is 1.24 bits per heavy atom. The van der Waals surface area contributed by atoms with Gasteiger partial charge in [-0.25, -0.2) is 5.01 Å². The van der Waals surface area contributed by atoms with Gasteiger partial charge in [-0.05, 0) is 12.8 Å². The van der Waals surface area contributed by atoms with Crippen molar-refractivity contribution in [2.45, 2.75) is 39.5 Å². The third-order valence-corrected chi connectivity index (χ3v) is 2.97. The highest BCUT2D eigenvalue weighted by Gasteiger charge is 2.18. The number of nitrogens with one attached hydrogen (secondary N) is 2. The van der Waals surface area contributed by atoms with Crippen molar-refractivity contribution < 1.29 is 0 Å². The van der Waals surface area contributed by atoms with E-state index in [0.29, 0.717) is 4.99 Å². The zero-order chi connectivity index (χ0) is 12.7. The number of thiol groups is 1. The maximum absolute atomic E-state index is 5.16. The molecule has 6 heteroatoms. The van der Waals surface area contributed by atoms with Crippen LogP contribution < -0.4 is 10.9 Å². The molecule has 0 aromatic carbocycles. The van der Waals surface area contributed by atoms with E-state index in [1.165, 1.54) is 25.7 Å². The first-order valence-corrected chi connectivity index (χ1v) is 7.05. The van der Waals surface area contributed by atoms with Gasteiger partial charge in [0.15, 0.2) is 0 Å². The van der Waals surface area contributed by atoms with E-state index in [0.717, 1.165) is 18.1 Å². The highest BCUT2D eigenvalue weighted by atomic mass is 32.1. The Bertz CT molecular complexity index is 273. The van der Waals surface area contributed by atoms with E-state index in [1.807, 2.05) is 5.23 Å². The number of unbranched alkanes of at least 4 members (excludes halogenated alkanes) is 2. The lowest BCUT2D eigenvalue weighted by molar-refractivity contribution is -0.0867. The maximum Gasteiger partial charge on any atom is 0.118 e. The molecule has 0 saturated carbocycles. The van der Waals surface area contributed by atoms with E-state index < -0.39 is 0 Å². The fourth-order valence-corrected chi connectivity index (χ4v) is 2.08. The van der Waals surface area contributed by atoms with Crippen LogP contribution in [0.3, 0.4) is 0 Å². The summed E-state index contributed by atoms with van der Waals surface area (Å²) in [6.45, 7) is 6.42. The smallest absolute Gasteiger partial charge is 0.118 e. The Morgan fingerprint density at radius 3 is 2.29 bits per heavy atom. The summed E-state index contributed by atoms with van der Waals surface area (Å²) in [6.07, 6.45) is 6.51. The van der Waals surface area contributed by atoms with E-state index in [9.17, 15) is 0 Å². The van der Waals surface area contributed by atoms with E-state index in [1.54, 1.807) is 6.08 Å². The van der Waals surface area contributed by atoms with Gasteiger partial charge < -0.3 is 0 Å². The first-order valence-electron chi connectivity index (χ1n) is 6.20. The van der Waals surface area contributed by atoms with Crippen molar-refractivity contribution in [3.8, 4) is 0 Å². The Labute approximate surface area is 115 Å². The standard InChI is InChI=1S/C11H22N4S2/c1-3-5-7-14(8-6-4-2)15-12-10(16)9-11(17)13-15/h9,12,16H,3-8H2,1-2H3,(H,13,17). The molecule has 1 rings (SSSR count). The molecule has 98 valence electrons. The molecule has 0 aliphatic carbocycles. The first kappa shape index (κ1) is 14.8. The second-order valence-electron chi connectivity index (χ2n) is 4.09. The van der Waals surface area contributed by atoms with Gasteiger partial charge >= 0.3 is 0 Å². The average molecular weight is 274 g/mol. The Hall–Kier alpha value is -0.300. The first-order chi connectivity index (χ1) is 8.17. The molecule has 1 aliphatic rings. The van der Waals surface area contributed by atoms with Crippen molar-refractivity contribution in [3.05, 3.63) is 11.1 Å². The van der Waals surface area contributed by atoms with Crippen LogP contribution in [0.5, 0.6) is 0 Å². The third kappa shape index (κ3) is 5.25. The van der Waals surface area contributed by atoms with Crippen LogP contribution in [0.25, 0.3) is 0 Å². The van der Waals surface area contributed by atoms with E-state index in [-0.39, 0.29) is 0 Å². The average Bonchev–Trinajstić information content (AvgIpc) is 2.28. The highest BCUT2D eigenvalue weighted by molar-refractivity contribution is 7.84. The van der Waals surface area contributed by atoms with Crippen LogP contribution in [0.4, 0.5) is 0 Å². The summed E-state index contributed by atoms with van der Waals surface area (Å²) in [4.78, 5) is 0.687. The molecule has 0 bridgehead atoms. The van der Waals surface area contributed by atoms with Crippen molar-refractivity contribution in [2.75, 3.05) is 13.1 Å². The quantitative estimate of drug-likeness (QED) is 0.489. The van der Waals surface area contributed by atoms with Gasteiger partial charge in [-0.15, -0.1) is 12.6 Å². The van der Waals surface area contributed by atoms with Crippen LogP contribution >= 0.6 is 24.8 Å². The topological polar surface area (TPSA) is 30.5 Å². The summed E-state index contributed by atoms with van der Waals surface area (Å²) in [6, 6.07) is 0. The number of hydrogen-bond donors (Lipinski definition) is 3. The van der Waals surface area contributed by atoms with Gasteiger partial charge in [0.1, 0.15) is 4.99 Å². The summed E-state index contributed by atoms with van der Waals surface area (Å²) < 4.78 is 0. The molecule has 0 amide bonds. The van der Waals surface area contributed by atoms with Crippen LogP contribution in [-0.4, -0.2) is 28.3 Å². The van der Waals surface area contributed by atoms with Crippen molar-refractivity contribution in [2.24, 2.45) is 0 Å². The second-order valence-corrected chi connectivity index (χ2v) is 5.01. The van der Waals surface area contributed by atoms with Gasteiger partial charge in [0, 0.05) is 19.2 Å². The minimum absolute atomic E-state index is 0.687. The van der Waals surface area contributed by atoms with E-state index in [2.05, 4.69) is 42.3 Å².